The molecule has 0 radical (unpaired) electrons. The van der Waals surface area contributed by atoms with Crippen LogP contribution in [0.15, 0.2) is 36.5 Å². The largest absolute Gasteiger partial charge is 0.444 e. The molecule has 118 valence electrons. The quantitative estimate of drug-likeness (QED) is 0.931. The Morgan fingerprint density at radius 3 is 2.78 bits per heavy atom. The SMILES string of the molecule is CC(C)(C)OC(=O)Nc1cccc(Oc2ccnc(C#N)n2)c1. The van der Waals surface area contributed by atoms with Gasteiger partial charge in [0.1, 0.15) is 17.4 Å². The number of aromatic nitrogens is 2. The Kier molecular flexibility index (Phi) is 4.76. The number of amides is 1. The molecule has 1 aromatic heterocycles. The van der Waals surface area contributed by atoms with Crippen LogP contribution in [0.4, 0.5) is 10.5 Å². The van der Waals surface area contributed by atoms with Gasteiger partial charge in [-0.3, -0.25) is 5.32 Å². The number of carbonyl (C=O) groups excluding carboxylic acids is 1. The Labute approximate surface area is 133 Å². The maximum Gasteiger partial charge on any atom is 0.412 e. The number of hydrogen-bond donors (Lipinski definition) is 1. The van der Waals surface area contributed by atoms with Crippen LogP contribution in [0.5, 0.6) is 11.6 Å². The Hall–Kier alpha value is -3.14. The number of nitrogens with zero attached hydrogens (tertiary/aromatic N) is 3. The van der Waals surface area contributed by atoms with Crippen molar-refractivity contribution in [1.82, 2.24) is 9.97 Å². The van der Waals surface area contributed by atoms with E-state index in [1.54, 1.807) is 45.0 Å². The number of benzene rings is 1. The second-order valence-corrected chi connectivity index (χ2v) is 5.59. The molecule has 0 saturated carbocycles. The Bertz CT molecular complexity index is 747. The number of ether oxygens (including phenoxy) is 2. The van der Waals surface area contributed by atoms with Gasteiger partial charge in [0.25, 0.3) is 0 Å². The normalized spacial score (nSPS) is 10.5. The van der Waals surface area contributed by atoms with Crippen molar-refractivity contribution in [2.75, 3.05) is 5.32 Å². The maximum absolute atomic E-state index is 11.8. The van der Waals surface area contributed by atoms with Crippen molar-refractivity contribution in [3.8, 4) is 17.7 Å². The summed E-state index contributed by atoms with van der Waals surface area (Å²) in [6.45, 7) is 5.36. The van der Waals surface area contributed by atoms with Crippen LogP contribution in [-0.2, 0) is 4.74 Å². The highest BCUT2D eigenvalue weighted by atomic mass is 16.6. The highest BCUT2D eigenvalue weighted by molar-refractivity contribution is 5.85. The summed E-state index contributed by atoms with van der Waals surface area (Å²) in [5.41, 5.74) is -0.0568. The monoisotopic (exact) mass is 312 g/mol. The lowest BCUT2D eigenvalue weighted by Crippen LogP contribution is -2.27. The molecule has 0 bridgehead atoms. The first kappa shape index (κ1) is 16.2. The molecule has 0 spiro atoms. The van der Waals surface area contributed by atoms with E-state index < -0.39 is 11.7 Å². The first-order valence-corrected chi connectivity index (χ1v) is 6.87. The van der Waals surface area contributed by atoms with Crippen LogP contribution in [0, 0.1) is 11.3 Å². The molecule has 0 unspecified atom stereocenters. The van der Waals surface area contributed by atoms with Crippen LogP contribution in [0.2, 0.25) is 0 Å². The molecular formula is C16H16N4O3. The van der Waals surface area contributed by atoms with E-state index in [2.05, 4.69) is 15.3 Å². The fourth-order valence-electron chi connectivity index (χ4n) is 1.63. The van der Waals surface area contributed by atoms with Crippen molar-refractivity contribution in [2.24, 2.45) is 0 Å². The molecule has 2 rings (SSSR count). The molecule has 1 heterocycles. The lowest BCUT2D eigenvalue weighted by molar-refractivity contribution is 0.0636. The topological polar surface area (TPSA) is 97.1 Å². The van der Waals surface area contributed by atoms with Crippen molar-refractivity contribution in [3.05, 3.63) is 42.4 Å². The number of rotatable bonds is 3. The number of nitriles is 1. The van der Waals surface area contributed by atoms with E-state index in [0.29, 0.717) is 11.4 Å². The van der Waals surface area contributed by atoms with Crippen molar-refractivity contribution in [1.29, 1.82) is 5.26 Å². The van der Waals surface area contributed by atoms with E-state index in [1.807, 2.05) is 6.07 Å². The second-order valence-electron chi connectivity index (χ2n) is 5.59. The van der Waals surface area contributed by atoms with Crippen LogP contribution >= 0.6 is 0 Å². The molecule has 23 heavy (non-hydrogen) atoms. The van der Waals surface area contributed by atoms with E-state index >= 15 is 0 Å². The molecule has 0 aliphatic carbocycles. The first-order chi connectivity index (χ1) is 10.9. The summed E-state index contributed by atoms with van der Waals surface area (Å²) in [5.74, 6) is 0.720. The molecule has 1 aromatic carbocycles. The molecule has 0 saturated heterocycles. The third kappa shape index (κ3) is 5.28. The highest BCUT2D eigenvalue weighted by Crippen LogP contribution is 2.23. The van der Waals surface area contributed by atoms with Gasteiger partial charge in [0.2, 0.25) is 11.7 Å². The van der Waals surface area contributed by atoms with Gasteiger partial charge in [-0.1, -0.05) is 6.07 Å². The number of hydrogen-bond acceptors (Lipinski definition) is 6. The lowest BCUT2D eigenvalue weighted by atomic mass is 10.2. The fraction of sp³-hybridized carbons (Fsp3) is 0.250. The third-order valence-electron chi connectivity index (χ3n) is 2.43. The predicted octanol–water partition coefficient (Wildman–Crippen LogP) is 3.49. The van der Waals surface area contributed by atoms with Gasteiger partial charge < -0.3 is 9.47 Å². The minimum atomic E-state index is -0.577. The molecule has 1 amide bonds. The van der Waals surface area contributed by atoms with Crippen molar-refractivity contribution in [2.45, 2.75) is 26.4 Å². The van der Waals surface area contributed by atoms with Gasteiger partial charge >= 0.3 is 6.09 Å². The summed E-state index contributed by atoms with van der Waals surface area (Å²) in [5, 5.41) is 11.4. The zero-order chi connectivity index (χ0) is 16.9. The summed E-state index contributed by atoms with van der Waals surface area (Å²) in [4.78, 5) is 19.4. The smallest absolute Gasteiger partial charge is 0.412 e. The average molecular weight is 312 g/mol. The average Bonchev–Trinajstić information content (AvgIpc) is 2.45. The Morgan fingerprint density at radius 1 is 1.30 bits per heavy atom. The molecule has 7 heteroatoms. The number of anilines is 1. The van der Waals surface area contributed by atoms with Crippen LogP contribution < -0.4 is 10.1 Å². The lowest BCUT2D eigenvalue weighted by Gasteiger charge is -2.19. The summed E-state index contributed by atoms with van der Waals surface area (Å²) < 4.78 is 10.7. The Balaban J connectivity index is 2.08. The minimum Gasteiger partial charge on any atom is -0.444 e. The van der Waals surface area contributed by atoms with Crippen LogP contribution in [-0.4, -0.2) is 21.7 Å². The number of nitrogens with one attached hydrogen (secondary N) is 1. The van der Waals surface area contributed by atoms with E-state index in [-0.39, 0.29) is 11.7 Å². The molecule has 7 nitrogen and oxygen atoms in total. The van der Waals surface area contributed by atoms with Crippen molar-refractivity contribution < 1.29 is 14.3 Å². The van der Waals surface area contributed by atoms with E-state index in [4.69, 9.17) is 14.7 Å². The van der Waals surface area contributed by atoms with Gasteiger partial charge in [-0.15, -0.1) is 0 Å². The fourth-order valence-corrected chi connectivity index (χ4v) is 1.63. The Morgan fingerprint density at radius 2 is 2.09 bits per heavy atom. The molecule has 0 aliphatic rings. The van der Waals surface area contributed by atoms with E-state index in [0.717, 1.165) is 0 Å². The van der Waals surface area contributed by atoms with Crippen LogP contribution in [0.25, 0.3) is 0 Å². The van der Waals surface area contributed by atoms with Gasteiger partial charge in [-0.2, -0.15) is 10.2 Å². The van der Waals surface area contributed by atoms with Gasteiger partial charge in [0.05, 0.1) is 0 Å². The van der Waals surface area contributed by atoms with Gasteiger partial charge in [-0.05, 0) is 32.9 Å². The van der Waals surface area contributed by atoms with E-state index in [1.165, 1.54) is 12.3 Å². The first-order valence-electron chi connectivity index (χ1n) is 6.87. The molecule has 0 atom stereocenters. The minimum absolute atomic E-state index is 0.0190. The summed E-state index contributed by atoms with van der Waals surface area (Å²) in [6.07, 6.45) is 0.882. The van der Waals surface area contributed by atoms with Gasteiger partial charge in [0.15, 0.2) is 0 Å². The van der Waals surface area contributed by atoms with Crippen LogP contribution in [0.3, 0.4) is 0 Å². The van der Waals surface area contributed by atoms with Crippen LogP contribution in [0.1, 0.15) is 26.6 Å². The summed E-state index contributed by atoms with van der Waals surface area (Å²) >= 11 is 0. The standard InChI is InChI=1S/C16H16N4O3/c1-16(2,3)23-15(21)19-11-5-4-6-12(9-11)22-14-7-8-18-13(10-17)20-14/h4-9H,1-3H3,(H,19,21). The number of carbonyl (C=O) groups is 1. The summed E-state index contributed by atoms with van der Waals surface area (Å²) in [7, 11) is 0. The summed E-state index contributed by atoms with van der Waals surface area (Å²) in [6, 6.07) is 10.1. The van der Waals surface area contributed by atoms with Crippen molar-refractivity contribution in [3.63, 3.8) is 0 Å². The molecule has 0 fully saturated rings. The molecule has 1 N–H and O–H groups in total. The second kappa shape index (κ2) is 6.75. The zero-order valence-electron chi connectivity index (χ0n) is 13.0. The van der Waals surface area contributed by atoms with Crippen molar-refractivity contribution >= 4 is 11.8 Å². The van der Waals surface area contributed by atoms with Gasteiger partial charge in [0, 0.05) is 24.0 Å². The molecular weight excluding hydrogens is 296 g/mol. The van der Waals surface area contributed by atoms with E-state index in [9.17, 15) is 4.79 Å². The third-order valence-corrected chi connectivity index (χ3v) is 2.43. The molecule has 2 aromatic rings. The molecule has 0 aliphatic heterocycles. The highest BCUT2D eigenvalue weighted by Gasteiger charge is 2.16. The zero-order valence-corrected chi connectivity index (χ0v) is 13.0. The predicted molar refractivity (Wildman–Crippen MR) is 83.1 cm³/mol. The van der Waals surface area contributed by atoms with Gasteiger partial charge in [-0.25, -0.2) is 9.78 Å². The maximum atomic E-state index is 11.8.